The molecule has 3 rings (SSSR count). The minimum Gasteiger partial charge on any atom is -0.356 e. The molecule has 1 N–H and O–H groups in total. The first kappa shape index (κ1) is 11.2. The molecule has 1 aromatic carbocycles. The van der Waals surface area contributed by atoms with Crippen LogP contribution in [0, 0.1) is 11.3 Å². The van der Waals surface area contributed by atoms with Crippen molar-refractivity contribution < 1.29 is 0 Å². The van der Waals surface area contributed by atoms with Crippen molar-refractivity contribution in [2.45, 2.75) is 25.3 Å². The molecule has 1 heterocycles. The number of aromatic nitrogens is 2. The summed E-state index contributed by atoms with van der Waals surface area (Å²) in [6, 6.07) is 9.67. The fraction of sp³-hybridized carbons (Fsp3) is 0.308. The van der Waals surface area contributed by atoms with E-state index in [-0.39, 0.29) is 0 Å². The van der Waals surface area contributed by atoms with Gasteiger partial charge in [-0.25, -0.2) is 4.98 Å². The molecule has 5 heteroatoms. The summed E-state index contributed by atoms with van der Waals surface area (Å²) in [5.41, 5.74) is 1.82. The maximum Gasteiger partial charge on any atom is 0.202 e. The van der Waals surface area contributed by atoms with E-state index in [4.69, 9.17) is 5.26 Å². The molecule has 1 aromatic heterocycles. The Bertz CT molecular complexity index is 578. The first-order valence-corrected chi connectivity index (χ1v) is 6.69. The number of hydrogen-bond acceptors (Lipinski definition) is 5. The molecule has 0 spiro atoms. The highest BCUT2D eigenvalue weighted by Gasteiger charge is 2.27. The van der Waals surface area contributed by atoms with E-state index in [0.717, 1.165) is 16.5 Å². The van der Waals surface area contributed by atoms with Crippen LogP contribution in [0.25, 0.3) is 0 Å². The van der Waals surface area contributed by atoms with Crippen LogP contribution in [-0.2, 0) is 6.54 Å². The third-order valence-electron chi connectivity index (χ3n) is 2.91. The van der Waals surface area contributed by atoms with E-state index in [1.54, 1.807) is 0 Å². The summed E-state index contributed by atoms with van der Waals surface area (Å²) in [7, 11) is 0. The maximum absolute atomic E-state index is 8.71. The number of rotatable bonds is 4. The molecule has 90 valence electrons. The summed E-state index contributed by atoms with van der Waals surface area (Å²) >= 11 is 1.42. The summed E-state index contributed by atoms with van der Waals surface area (Å²) < 4.78 is 4.34. The van der Waals surface area contributed by atoms with Crippen LogP contribution >= 0.6 is 11.5 Å². The van der Waals surface area contributed by atoms with E-state index in [1.165, 1.54) is 24.4 Å². The smallest absolute Gasteiger partial charge is 0.202 e. The average molecular weight is 256 g/mol. The number of benzene rings is 1. The molecule has 0 unspecified atom stereocenters. The van der Waals surface area contributed by atoms with Crippen molar-refractivity contribution in [3.05, 3.63) is 41.2 Å². The van der Waals surface area contributed by atoms with Crippen LogP contribution in [-0.4, -0.2) is 9.36 Å². The molecule has 4 nitrogen and oxygen atoms in total. The summed E-state index contributed by atoms with van der Waals surface area (Å²) in [5.74, 6) is 1.59. The molecule has 0 radical (unpaired) electrons. The molecule has 18 heavy (non-hydrogen) atoms. The SMILES string of the molecule is N#Cc1ccc(CNc2nc(C3CC3)ns2)cc1. The van der Waals surface area contributed by atoms with Crippen molar-refractivity contribution in [3.8, 4) is 6.07 Å². The van der Waals surface area contributed by atoms with Crippen molar-refractivity contribution in [1.29, 1.82) is 5.26 Å². The highest BCUT2D eigenvalue weighted by molar-refractivity contribution is 7.09. The van der Waals surface area contributed by atoms with Gasteiger partial charge in [0, 0.05) is 24.0 Å². The van der Waals surface area contributed by atoms with Crippen LogP contribution in [0.2, 0.25) is 0 Å². The molecule has 0 atom stereocenters. The highest BCUT2D eigenvalue weighted by atomic mass is 32.1. The molecular formula is C13H12N4S. The predicted octanol–water partition coefficient (Wildman–Crippen LogP) is 2.90. The second-order valence-electron chi connectivity index (χ2n) is 4.39. The Kier molecular flexibility index (Phi) is 2.95. The van der Waals surface area contributed by atoms with E-state index >= 15 is 0 Å². The van der Waals surface area contributed by atoms with Crippen LogP contribution < -0.4 is 5.32 Å². The number of nitriles is 1. The summed E-state index contributed by atoms with van der Waals surface area (Å²) in [5, 5.41) is 12.9. The van der Waals surface area contributed by atoms with Crippen LogP contribution in [0.15, 0.2) is 24.3 Å². The van der Waals surface area contributed by atoms with Gasteiger partial charge in [-0.2, -0.15) is 9.64 Å². The first-order valence-electron chi connectivity index (χ1n) is 5.91. The molecule has 1 aliphatic rings. The van der Waals surface area contributed by atoms with Gasteiger partial charge < -0.3 is 5.32 Å². The van der Waals surface area contributed by atoms with E-state index in [1.807, 2.05) is 24.3 Å². The molecule has 0 amide bonds. The van der Waals surface area contributed by atoms with Crippen LogP contribution in [0.1, 0.15) is 35.7 Å². The van der Waals surface area contributed by atoms with Gasteiger partial charge in [0.2, 0.25) is 5.13 Å². The number of hydrogen-bond donors (Lipinski definition) is 1. The zero-order valence-corrected chi connectivity index (χ0v) is 10.6. The number of nitrogens with zero attached hydrogens (tertiary/aromatic N) is 3. The molecule has 1 aliphatic carbocycles. The van der Waals surface area contributed by atoms with Gasteiger partial charge in [-0.3, -0.25) is 0 Å². The Morgan fingerprint density at radius 3 is 2.78 bits per heavy atom. The standard InChI is InChI=1S/C13H12N4S/c14-7-9-1-3-10(4-2-9)8-15-13-16-12(17-18-13)11-5-6-11/h1-4,11H,5-6,8H2,(H,15,16,17). The minimum atomic E-state index is 0.603. The molecule has 0 saturated heterocycles. The highest BCUT2D eigenvalue weighted by Crippen LogP contribution is 2.39. The normalized spacial score (nSPS) is 14.2. The molecule has 0 bridgehead atoms. The zero-order valence-electron chi connectivity index (χ0n) is 9.76. The lowest BCUT2D eigenvalue weighted by Crippen LogP contribution is -1.99. The quantitative estimate of drug-likeness (QED) is 0.913. The topological polar surface area (TPSA) is 61.6 Å². The lowest BCUT2D eigenvalue weighted by molar-refractivity contribution is 0.980. The van der Waals surface area contributed by atoms with Gasteiger partial charge >= 0.3 is 0 Å². The molecule has 2 aromatic rings. The summed E-state index contributed by atoms with van der Waals surface area (Å²) in [6.45, 7) is 0.713. The van der Waals surface area contributed by atoms with Gasteiger partial charge in [0.25, 0.3) is 0 Å². The Morgan fingerprint density at radius 2 is 2.11 bits per heavy atom. The minimum absolute atomic E-state index is 0.603. The Labute approximate surface area is 109 Å². The van der Waals surface area contributed by atoms with Crippen molar-refractivity contribution >= 4 is 16.7 Å². The summed E-state index contributed by atoms with van der Waals surface area (Å²) in [6.07, 6.45) is 2.46. The molecule has 1 saturated carbocycles. The third kappa shape index (κ3) is 2.49. The molecule has 1 fully saturated rings. The maximum atomic E-state index is 8.71. The number of nitrogens with one attached hydrogen (secondary N) is 1. The lowest BCUT2D eigenvalue weighted by Gasteiger charge is -2.01. The Balaban J connectivity index is 1.60. The largest absolute Gasteiger partial charge is 0.356 e. The van der Waals surface area contributed by atoms with Crippen LogP contribution in [0.3, 0.4) is 0 Å². The van der Waals surface area contributed by atoms with Crippen molar-refractivity contribution in [2.24, 2.45) is 0 Å². The van der Waals surface area contributed by atoms with Gasteiger partial charge in [0.05, 0.1) is 11.6 Å². The monoisotopic (exact) mass is 256 g/mol. The average Bonchev–Trinajstić information content (AvgIpc) is 3.16. The Hall–Kier alpha value is -1.93. The second kappa shape index (κ2) is 4.75. The second-order valence-corrected chi connectivity index (χ2v) is 5.15. The zero-order chi connectivity index (χ0) is 12.4. The third-order valence-corrected chi connectivity index (χ3v) is 3.60. The van der Waals surface area contributed by atoms with Gasteiger partial charge in [-0.05, 0) is 30.5 Å². The van der Waals surface area contributed by atoms with E-state index in [0.29, 0.717) is 18.0 Å². The fourth-order valence-electron chi connectivity index (χ4n) is 1.69. The van der Waals surface area contributed by atoms with Gasteiger partial charge in [-0.1, -0.05) is 12.1 Å². The van der Waals surface area contributed by atoms with Crippen LogP contribution in [0.5, 0.6) is 0 Å². The predicted molar refractivity (Wildman–Crippen MR) is 70.4 cm³/mol. The molecular weight excluding hydrogens is 244 g/mol. The van der Waals surface area contributed by atoms with Crippen LogP contribution in [0.4, 0.5) is 5.13 Å². The van der Waals surface area contributed by atoms with E-state index in [2.05, 4.69) is 20.7 Å². The lowest BCUT2D eigenvalue weighted by atomic mass is 10.1. The molecule has 0 aliphatic heterocycles. The van der Waals surface area contributed by atoms with E-state index in [9.17, 15) is 0 Å². The van der Waals surface area contributed by atoms with Crippen molar-refractivity contribution in [3.63, 3.8) is 0 Å². The van der Waals surface area contributed by atoms with Gasteiger partial charge in [0.1, 0.15) is 5.82 Å². The van der Waals surface area contributed by atoms with Gasteiger partial charge in [-0.15, -0.1) is 0 Å². The first-order chi connectivity index (χ1) is 8.85. The Morgan fingerprint density at radius 1 is 1.33 bits per heavy atom. The summed E-state index contributed by atoms with van der Waals surface area (Å²) in [4.78, 5) is 4.46. The van der Waals surface area contributed by atoms with Gasteiger partial charge in [0.15, 0.2) is 0 Å². The number of anilines is 1. The fourth-order valence-corrected chi connectivity index (χ4v) is 2.33. The van der Waals surface area contributed by atoms with E-state index < -0.39 is 0 Å². The van der Waals surface area contributed by atoms with Crippen molar-refractivity contribution in [2.75, 3.05) is 5.32 Å². The van der Waals surface area contributed by atoms with Crippen molar-refractivity contribution in [1.82, 2.24) is 9.36 Å².